The molecular formula is C14H22N2. The minimum absolute atomic E-state index is 0.343. The third-order valence-corrected chi connectivity index (χ3v) is 3.36. The molecule has 1 aliphatic rings. The standard InChI is InChI=1S/C14H22N2/c1-2-5-14(15)11-16-9-8-12-6-3-4-7-13(12)10-16/h3-4,6-7,14H,2,5,8-11,15H2,1H3/t14-/m1/s1. The Morgan fingerprint density at radius 3 is 2.81 bits per heavy atom. The average Bonchev–Trinajstić information content (AvgIpc) is 2.29. The van der Waals surface area contributed by atoms with Gasteiger partial charge in [-0.05, 0) is 24.0 Å². The van der Waals surface area contributed by atoms with Crippen molar-refractivity contribution in [1.29, 1.82) is 0 Å². The molecule has 2 nitrogen and oxygen atoms in total. The Morgan fingerprint density at radius 1 is 1.31 bits per heavy atom. The second kappa shape index (κ2) is 5.46. The van der Waals surface area contributed by atoms with E-state index in [9.17, 15) is 0 Å². The Kier molecular flexibility index (Phi) is 3.97. The molecule has 0 radical (unpaired) electrons. The number of hydrogen-bond acceptors (Lipinski definition) is 2. The lowest BCUT2D eigenvalue weighted by atomic mass is 9.99. The minimum atomic E-state index is 0.343. The van der Waals surface area contributed by atoms with Crippen molar-refractivity contribution in [2.24, 2.45) is 5.73 Å². The van der Waals surface area contributed by atoms with E-state index >= 15 is 0 Å². The first-order valence-corrected chi connectivity index (χ1v) is 6.34. The molecular weight excluding hydrogens is 196 g/mol. The molecule has 0 aromatic heterocycles. The summed E-state index contributed by atoms with van der Waals surface area (Å²) >= 11 is 0. The summed E-state index contributed by atoms with van der Waals surface area (Å²) in [5, 5.41) is 0. The quantitative estimate of drug-likeness (QED) is 0.839. The van der Waals surface area contributed by atoms with Crippen LogP contribution < -0.4 is 5.73 Å². The molecule has 0 saturated heterocycles. The van der Waals surface area contributed by atoms with Crippen molar-refractivity contribution < 1.29 is 0 Å². The van der Waals surface area contributed by atoms with Gasteiger partial charge in [-0.3, -0.25) is 4.90 Å². The summed E-state index contributed by atoms with van der Waals surface area (Å²) in [5.41, 5.74) is 9.09. The van der Waals surface area contributed by atoms with Crippen LogP contribution in [0.2, 0.25) is 0 Å². The summed E-state index contributed by atoms with van der Waals surface area (Å²) in [4.78, 5) is 2.49. The number of hydrogen-bond donors (Lipinski definition) is 1. The predicted molar refractivity (Wildman–Crippen MR) is 68.3 cm³/mol. The van der Waals surface area contributed by atoms with E-state index in [0.29, 0.717) is 6.04 Å². The molecule has 1 heterocycles. The van der Waals surface area contributed by atoms with Crippen molar-refractivity contribution >= 4 is 0 Å². The Balaban J connectivity index is 1.92. The molecule has 0 fully saturated rings. The summed E-state index contributed by atoms with van der Waals surface area (Å²) in [6, 6.07) is 9.10. The number of nitrogens with two attached hydrogens (primary N) is 1. The summed E-state index contributed by atoms with van der Waals surface area (Å²) in [6.45, 7) is 5.48. The molecule has 0 saturated carbocycles. The van der Waals surface area contributed by atoms with Crippen LogP contribution in [-0.2, 0) is 13.0 Å². The van der Waals surface area contributed by atoms with Crippen LogP contribution in [0.25, 0.3) is 0 Å². The molecule has 0 bridgehead atoms. The molecule has 1 aliphatic heterocycles. The van der Waals surface area contributed by atoms with E-state index in [4.69, 9.17) is 5.73 Å². The minimum Gasteiger partial charge on any atom is -0.327 e. The topological polar surface area (TPSA) is 29.3 Å². The van der Waals surface area contributed by atoms with E-state index < -0.39 is 0 Å². The van der Waals surface area contributed by atoms with Gasteiger partial charge in [0.05, 0.1) is 0 Å². The maximum Gasteiger partial charge on any atom is 0.0237 e. The Morgan fingerprint density at radius 2 is 2.06 bits per heavy atom. The zero-order valence-corrected chi connectivity index (χ0v) is 10.2. The fourth-order valence-electron chi connectivity index (χ4n) is 2.50. The molecule has 0 unspecified atom stereocenters. The maximum atomic E-state index is 6.09. The van der Waals surface area contributed by atoms with Crippen molar-refractivity contribution in [3.8, 4) is 0 Å². The van der Waals surface area contributed by atoms with Crippen LogP contribution in [0.3, 0.4) is 0 Å². The second-order valence-corrected chi connectivity index (χ2v) is 4.80. The van der Waals surface area contributed by atoms with Crippen LogP contribution in [0.1, 0.15) is 30.9 Å². The summed E-state index contributed by atoms with van der Waals surface area (Å²) in [6.07, 6.45) is 3.50. The zero-order valence-electron chi connectivity index (χ0n) is 10.2. The first-order chi connectivity index (χ1) is 7.79. The molecule has 0 amide bonds. The van der Waals surface area contributed by atoms with Gasteiger partial charge in [0.25, 0.3) is 0 Å². The van der Waals surface area contributed by atoms with E-state index in [2.05, 4.69) is 36.1 Å². The van der Waals surface area contributed by atoms with Crippen LogP contribution in [0, 0.1) is 0 Å². The molecule has 88 valence electrons. The molecule has 1 atom stereocenters. The lowest BCUT2D eigenvalue weighted by molar-refractivity contribution is 0.234. The Hall–Kier alpha value is -0.860. The molecule has 0 spiro atoms. The van der Waals surface area contributed by atoms with Crippen LogP contribution in [0.4, 0.5) is 0 Å². The van der Waals surface area contributed by atoms with Gasteiger partial charge in [0, 0.05) is 25.7 Å². The lowest BCUT2D eigenvalue weighted by Gasteiger charge is -2.30. The second-order valence-electron chi connectivity index (χ2n) is 4.80. The van der Waals surface area contributed by atoms with E-state index in [-0.39, 0.29) is 0 Å². The highest BCUT2D eigenvalue weighted by atomic mass is 15.1. The first kappa shape index (κ1) is 11.6. The highest BCUT2D eigenvalue weighted by Crippen LogP contribution is 2.18. The van der Waals surface area contributed by atoms with Crippen molar-refractivity contribution in [2.75, 3.05) is 13.1 Å². The SMILES string of the molecule is CCC[C@@H](N)CN1CCc2ccccc2C1. The number of rotatable bonds is 4. The van der Waals surface area contributed by atoms with Crippen molar-refractivity contribution in [3.63, 3.8) is 0 Å². The lowest BCUT2D eigenvalue weighted by Crippen LogP contribution is -2.40. The van der Waals surface area contributed by atoms with E-state index in [1.165, 1.54) is 24.0 Å². The molecule has 2 rings (SSSR count). The first-order valence-electron chi connectivity index (χ1n) is 6.34. The molecule has 1 aromatic rings. The zero-order chi connectivity index (χ0) is 11.4. The number of benzene rings is 1. The Labute approximate surface area is 98.4 Å². The molecule has 0 aliphatic carbocycles. The van der Waals surface area contributed by atoms with E-state index in [0.717, 1.165) is 26.1 Å². The van der Waals surface area contributed by atoms with Gasteiger partial charge < -0.3 is 5.73 Å². The highest BCUT2D eigenvalue weighted by Gasteiger charge is 2.17. The van der Waals surface area contributed by atoms with Gasteiger partial charge in [-0.1, -0.05) is 37.6 Å². The van der Waals surface area contributed by atoms with Gasteiger partial charge in [-0.2, -0.15) is 0 Å². The van der Waals surface area contributed by atoms with Crippen molar-refractivity contribution in [1.82, 2.24) is 4.90 Å². The average molecular weight is 218 g/mol. The molecule has 1 aromatic carbocycles. The third-order valence-electron chi connectivity index (χ3n) is 3.36. The normalized spacial score (nSPS) is 18.1. The predicted octanol–water partition coefficient (Wildman–Crippen LogP) is 2.17. The molecule has 2 N–H and O–H groups in total. The summed E-state index contributed by atoms with van der Waals surface area (Å²) in [5.74, 6) is 0. The fraction of sp³-hybridized carbons (Fsp3) is 0.571. The van der Waals surface area contributed by atoms with E-state index in [1.54, 1.807) is 0 Å². The van der Waals surface area contributed by atoms with Gasteiger partial charge in [-0.15, -0.1) is 0 Å². The third kappa shape index (κ3) is 2.83. The van der Waals surface area contributed by atoms with Crippen LogP contribution in [0.15, 0.2) is 24.3 Å². The van der Waals surface area contributed by atoms with E-state index in [1.807, 2.05) is 0 Å². The van der Waals surface area contributed by atoms with Crippen molar-refractivity contribution in [2.45, 2.75) is 38.8 Å². The Bertz CT molecular complexity index is 335. The maximum absolute atomic E-state index is 6.09. The smallest absolute Gasteiger partial charge is 0.0237 e. The summed E-state index contributed by atoms with van der Waals surface area (Å²) in [7, 11) is 0. The van der Waals surface area contributed by atoms with Gasteiger partial charge in [-0.25, -0.2) is 0 Å². The van der Waals surface area contributed by atoms with Gasteiger partial charge in [0.15, 0.2) is 0 Å². The largest absolute Gasteiger partial charge is 0.327 e. The highest BCUT2D eigenvalue weighted by molar-refractivity contribution is 5.29. The summed E-state index contributed by atoms with van der Waals surface area (Å²) < 4.78 is 0. The van der Waals surface area contributed by atoms with Gasteiger partial charge >= 0.3 is 0 Å². The molecule has 2 heteroatoms. The number of nitrogens with zero attached hydrogens (tertiary/aromatic N) is 1. The fourth-order valence-corrected chi connectivity index (χ4v) is 2.50. The number of fused-ring (bicyclic) bond motifs is 1. The van der Waals surface area contributed by atoms with Gasteiger partial charge in [0.2, 0.25) is 0 Å². The molecule has 16 heavy (non-hydrogen) atoms. The monoisotopic (exact) mass is 218 g/mol. The van der Waals surface area contributed by atoms with Gasteiger partial charge in [0.1, 0.15) is 0 Å². The van der Waals surface area contributed by atoms with Crippen molar-refractivity contribution in [3.05, 3.63) is 35.4 Å². The van der Waals surface area contributed by atoms with Crippen LogP contribution in [0.5, 0.6) is 0 Å². The van der Waals surface area contributed by atoms with Crippen LogP contribution in [-0.4, -0.2) is 24.0 Å². The van der Waals surface area contributed by atoms with Crippen LogP contribution >= 0.6 is 0 Å².